The van der Waals surface area contributed by atoms with Gasteiger partial charge in [-0.25, -0.2) is 8.78 Å². The molecule has 1 aromatic heterocycles. The van der Waals surface area contributed by atoms with Gasteiger partial charge in [0, 0.05) is 5.56 Å². The maximum atomic E-state index is 12.7. The SMILES string of the molecule is Cc1cc(CC(=O)O)nc(CCl)c1C(F)F. The largest absolute Gasteiger partial charge is 0.481 e. The zero-order valence-electron chi connectivity index (χ0n) is 8.51. The Morgan fingerprint density at radius 3 is 2.69 bits per heavy atom. The minimum absolute atomic E-state index is 0.0490. The monoisotopic (exact) mass is 249 g/mol. The van der Waals surface area contributed by atoms with Crippen LogP contribution in [0.25, 0.3) is 0 Å². The third-order valence-corrected chi connectivity index (χ3v) is 2.33. The summed E-state index contributed by atoms with van der Waals surface area (Å²) in [5.41, 5.74) is 0.402. The van der Waals surface area contributed by atoms with Gasteiger partial charge in [0.15, 0.2) is 0 Å². The van der Waals surface area contributed by atoms with Crippen LogP contribution in [0.5, 0.6) is 0 Å². The lowest BCUT2D eigenvalue weighted by molar-refractivity contribution is -0.136. The molecule has 3 nitrogen and oxygen atoms in total. The lowest BCUT2D eigenvalue weighted by Crippen LogP contribution is -2.07. The van der Waals surface area contributed by atoms with Gasteiger partial charge in [-0.3, -0.25) is 9.78 Å². The summed E-state index contributed by atoms with van der Waals surface area (Å²) in [4.78, 5) is 14.3. The third kappa shape index (κ3) is 2.88. The van der Waals surface area contributed by atoms with Crippen LogP contribution in [0.3, 0.4) is 0 Å². The molecular weight excluding hydrogens is 240 g/mol. The molecule has 0 atom stereocenters. The average molecular weight is 250 g/mol. The van der Waals surface area contributed by atoms with Crippen LogP contribution in [0.4, 0.5) is 8.78 Å². The summed E-state index contributed by atoms with van der Waals surface area (Å²) in [6.45, 7) is 1.49. The number of halogens is 3. The van der Waals surface area contributed by atoms with Crippen LogP contribution in [0.1, 0.15) is 28.9 Å². The lowest BCUT2D eigenvalue weighted by atomic mass is 10.1. The molecule has 6 heteroatoms. The number of aromatic nitrogens is 1. The Kier molecular flexibility index (Phi) is 4.18. The summed E-state index contributed by atoms with van der Waals surface area (Å²) in [6.07, 6.45) is -2.95. The van der Waals surface area contributed by atoms with Gasteiger partial charge in [-0.05, 0) is 18.6 Å². The highest BCUT2D eigenvalue weighted by molar-refractivity contribution is 6.17. The van der Waals surface area contributed by atoms with Crippen LogP contribution in [0.2, 0.25) is 0 Å². The van der Waals surface area contributed by atoms with E-state index in [1.165, 1.54) is 13.0 Å². The molecule has 0 saturated carbocycles. The molecule has 1 rings (SSSR count). The minimum Gasteiger partial charge on any atom is -0.481 e. The highest BCUT2D eigenvalue weighted by Gasteiger charge is 2.18. The van der Waals surface area contributed by atoms with Crippen molar-refractivity contribution in [3.8, 4) is 0 Å². The molecule has 0 unspecified atom stereocenters. The molecule has 1 heterocycles. The second kappa shape index (κ2) is 5.21. The number of carboxylic acids is 1. The topological polar surface area (TPSA) is 50.2 Å². The summed E-state index contributed by atoms with van der Waals surface area (Å²) in [5.74, 6) is -1.22. The van der Waals surface area contributed by atoms with E-state index in [4.69, 9.17) is 16.7 Å². The van der Waals surface area contributed by atoms with Crippen molar-refractivity contribution in [2.24, 2.45) is 0 Å². The molecule has 0 radical (unpaired) electrons. The molecular formula is C10H10ClF2NO2. The highest BCUT2D eigenvalue weighted by Crippen LogP contribution is 2.27. The number of hydrogen-bond donors (Lipinski definition) is 1. The summed E-state index contributed by atoms with van der Waals surface area (Å²) in [5, 5.41) is 8.58. The first-order valence-electron chi connectivity index (χ1n) is 4.51. The minimum atomic E-state index is -2.65. The molecule has 0 bridgehead atoms. The van der Waals surface area contributed by atoms with E-state index in [-0.39, 0.29) is 29.3 Å². The van der Waals surface area contributed by atoms with E-state index in [0.29, 0.717) is 5.56 Å². The van der Waals surface area contributed by atoms with Crippen LogP contribution < -0.4 is 0 Å². The van der Waals surface area contributed by atoms with Crippen LogP contribution in [0, 0.1) is 6.92 Å². The van der Waals surface area contributed by atoms with E-state index < -0.39 is 12.4 Å². The molecule has 0 aromatic carbocycles. The highest BCUT2D eigenvalue weighted by atomic mass is 35.5. The maximum absolute atomic E-state index is 12.7. The number of nitrogens with zero attached hydrogens (tertiary/aromatic N) is 1. The van der Waals surface area contributed by atoms with Crippen molar-refractivity contribution in [3.63, 3.8) is 0 Å². The number of pyridine rings is 1. The summed E-state index contributed by atoms with van der Waals surface area (Å²) < 4.78 is 25.3. The van der Waals surface area contributed by atoms with Crippen LogP contribution in [-0.4, -0.2) is 16.1 Å². The van der Waals surface area contributed by atoms with Gasteiger partial charge in [0.1, 0.15) is 0 Å². The van der Waals surface area contributed by atoms with Crippen molar-refractivity contribution in [1.29, 1.82) is 0 Å². The van der Waals surface area contributed by atoms with Gasteiger partial charge >= 0.3 is 5.97 Å². The number of aliphatic carboxylic acids is 1. The smallest absolute Gasteiger partial charge is 0.309 e. The zero-order valence-corrected chi connectivity index (χ0v) is 9.26. The molecule has 0 saturated heterocycles. The van der Waals surface area contributed by atoms with Gasteiger partial charge in [0.25, 0.3) is 6.43 Å². The molecule has 0 aliphatic carbocycles. The number of rotatable bonds is 4. The van der Waals surface area contributed by atoms with Crippen molar-refractivity contribution in [1.82, 2.24) is 4.98 Å². The molecule has 0 spiro atoms. The Morgan fingerprint density at radius 1 is 1.62 bits per heavy atom. The van der Waals surface area contributed by atoms with E-state index in [0.717, 1.165) is 0 Å². The molecule has 88 valence electrons. The van der Waals surface area contributed by atoms with Crippen LogP contribution >= 0.6 is 11.6 Å². The Bertz CT molecular complexity index is 410. The summed E-state index contributed by atoms with van der Waals surface area (Å²) in [7, 11) is 0. The van der Waals surface area contributed by atoms with E-state index >= 15 is 0 Å². The Balaban J connectivity index is 3.20. The first-order chi connectivity index (χ1) is 7.45. The van der Waals surface area contributed by atoms with E-state index in [9.17, 15) is 13.6 Å². The van der Waals surface area contributed by atoms with Crippen LogP contribution in [0.15, 0.2) is 6.07 Å². The van der Waals surface area contributed by atoms with Crippen LogP contribution in [-0.2, 0) is 17.1 Å². The normalized spacial score (nSPS) is 10.8. The summed E-state index contributed by atoms with van der Waals surface area (Å²) >= 11 is 5.51. The first-order valence-corrected chi connectivity index (χ1v) is 5.04. The van der Waals surface area contributed by atoms with Gasteiger partial charge in [-0.1, -0.05) is 0 Å². The van der Waals surface area contributed by atoms with Gasteiger partial charge in [-0.15, -0.1) is 11.6 Å². The second-order valence-electron chi connectivity index (χ2n) is 3.30. The molecule has 0 fully saturated rings. The molecule has 1 N–H and O–H groups in total. The van der Waals surface area contributed by atoms with E-state index in [1.54, 1.807) is 0 Å². The van der Waals surface area contributed by atoms with Crippen molar-refractivity contribution >= 4 is 17.6 Å². The van der Waals surface area contributed by atoms with Gasteiger partial charge in [0.2, 0.25) is 0 Å². The number of aryl methyl sites for hydroxylation is 1. The van der Waals surface area contributed by atoms with Crippen molar-refractivity contribution in [2.75, 3.05) is 0 Å². The fraction of sp³-hybridized carbons (Fsp3) is 0.400. The zero-order chi connectivity index (χ0) is 12.3. The maximum Gasteiger partial charge on any atom is 0.309 e. The Morgan fingerprint density at radius 2 is 2.25 bits per heavy atom. The Hall–Kier alpha value is -1.23. The predicted octanol–water partition coefficient (Wildman–Crippen LogP) is 2.69. The van der Waals surface area contributed by atoms with E-state index in [2.05, 4.69) is 4.98 Å². The quantitative estimate of drug-likeness (QED) is 0.835. The summed E-state index contributed by atoms with van der Waals surface area (Å²) in [6, 6.07) is 1.35. The number of carboxylic acid groups (broad SMARTS) is 1. The first kappa shape index (κ1) is 12.8. The molecule has 0 aliphatic heterocycles. The fourth-order valence-electron chi connectivity index (χ4n) is 1.47. The van der Waals surface area contributed by atoms with Gasteiger partial charge in [0.05, 0.1) is 23.7 Å². The van der Waals surface area contributed by atoms with E-state index in [1.807, 2.05) is 0 Å². The third-order valence-electron chi connectivity index (χ3n) is 2.07. The average Bonchev–Trinajstić information content (AvgIpc) is 2.14. The molecule has 1 aromatic rings. The number of alkyl halides is 3. The van der Waals surface area contributed by atoms with Crippen molar-refractivity contribution in [2.45, 2.75) is 25.7 Å². The number of carbonyl (C=O) groups is 1. The second-order valence-corrected chi connectivity index (χ2v) is 3.56. The lowest BCUT2D eigenvalue weighted by Gasteiger charge is -2.11. The van der Waals surface area contributed by atoms with Crippen molar-refractivity contribution in [3.05, 3.63) is 28.6 Å². The number of hydrogen-bond acceptors (Lipinski definition) is 2. The Labute approximate surface area is 96.1 Å². The van der Waals surface area contributed by atoms with Gasteiger partial charge < -0.3 is 5.11 Å². The standard InChI is InChI=1S/C10H10ClF2NO2/c1-5-2-6(3-8(15)16)14-7(4-11)9(5)10(12)13/h2,10H,3-4H2,1H3,(H,15,16). The molecule has 0 aliphatic rings. The van der Waals surface area contributed by atoms with Gasteiger partial charge in [-0.2, -0.15) is 0 Å². The molecule has 0 amide bonds. The fourth-order valence-corrected chi connectivity index (χ4v) is 1.67. The van der Waals surface area contributed by atoms with Crippen molar-refractivity contribution < 1.29 is 18.7 Å². The molecule has 16 heavy (non-hydrogen) atoms. The predicted molar refractivity (Wildman–Crippen MR) is 54.8 cm³/mol.